The molecule has 0 saturated heterocycles. The number of rotatable bonds is 3. The second kappa shape index (κ2) is 9.09. The lowest BCUT2D eigenvalue weighted by Crippen LogP contribution is -2.03. The topological polar surface area (TPSA) is 30.7 Å². The van der Waals surface area contributed by atoms with Gasteiger partial charge in [0.25, 0.3) is 0 Å². The second-order valence-electron chi connectivity index (χ2n) is 10.9. The molecular weight excluding hydrogens is 543 g/mol. The van der Waals surface area contributed by atoms with Gasteiger partial charge in [0.15, 0.2) is 5.82 Å². The van der Waals surface area contributed by atoms with Crippen LogP contribution in [0.5, 0.6) is 0 Å². The van der Waals surface area contributed by atoms with Gasteiger partial charge in [-0.05, 0) is 58.5 Å². The molecule has 0 amide bonds. The number of aromatic nitrogens is 3. The van der Waals surface area contributed by atoms with Crippen LogP contribution in [0.4, 0.5) is 0 Å². The van der Waals surface area contributed by atoms with Gasteiger partial charge in [-0.15, -0.1) is 11.3 Å². The van der Waals surface area contributed by atoms with E-state index in [9.17, 15) is 0 Å². The first-order valence-corrected chi connectivity index (χ1v) is 15.3. The smallest absolute Gasteiger partial charge is 0.166 e. The second-order valence-corrected chi connectivity index (χ2v) is 12.0. The number of allylic oxidation sites excluding steroid dienone is 1. The van der Waals surface area contributed by atoms with Crippen LogP contribution in [0.1, 0.15) is 23.6 Å². The summed E-state index contributed by atoms with van der Waals surface area (Å²) < 4.78 is 3.54. The Kier molecular flexibility index (Phi) is 5.13. The van der Waals surface area contributed by atoms with Crippen LogP contribution in [0.15, 0.2) is 122 Å². The molecule has 0 atom stereocenters. The van der Waals surface area contributed by atoms with Gasteiger partial charge in [-0.1, -0.05) is 110 Å². The fourth-order valence-corrected chi connectivity index (χ4v) is 7.96. The van der Waals surface area contributed by atoms with Gasteiger partial charge in [0.05, 0.1) is 11.0 Å². The van der Waals surface area contributed by atoms with Crippen molar-refractivity contribution in [1.82, 2.24) is 14.5 Å². The molecule has 202 valence electrons. The predicted molar refractivity (Wildman–Crippen MR) is 183 cm³/mol. The van der Waals surface area contributed by atoms with E-state index in [1.165, 1.54) is 43.3 Å². The largest absolute Gasteiger partial charge is 0.292 e. The first kappa shape index (κ1) is 24.3. The summed E-state index contributed by atoms with van der Waals surface area (Å²) in [5.41, 5.74) is 12.4. The van der Waals surface area contributed by atoms with Crippen LogP contribution < -0.4 is 0 Å². The maximum atomic E-state index is 5.44. The van der Waals surface area contributed by atoms with E-state index < -0.39 is 0 Å². The Morgan fingerprint density at radius 2 is 1.40 bits per heavy atom. The van der Waals surface area contributed by atoms with Crippen LogP contribution in [0.3, 0.4) is 0 Å². The Balaban J connectivity index is 1.48. The highest BCUT2D eigenvalue weighted by atomic mass is 32.1. The van der Waals surface area contributed by atoms with Gasteiger partial charge >= 0.3 is 0 Å². The highest BCUT2D eigenvalue weighted by Gasteiger charge is 2.28. The minimum atomic E-state index is 0.849. The zero-order valence-corrected chi connectivity index (χ0v) is 24.3. The first-order valence-electron chi connectivity index (χ1n) is 14.5. The number of hydrogen-bond acceptors (Lipinski definition) is 3. The normalized spacial score (nSPS) is 13.4. The summed E-state index contributed by atoms with van der Waals surface area (Å²) in [4.78, 5) is 11.8. The molecule has 3 nitrogen and oxygen atoms in total. The van der Waals surface area contributed by atoms with Crippen molar-refractivity contribution < 1.29 is 0 Å². The molecule has 0 fully saturated rings. The molecule has 0 unspecified atom stereocenters. The summed E-state index contributed by atoms with van der Waals surface area (Å²) >= 11 is 1.70. The van der Waals surface area contributed by atoms with Crippen molar-refractivity contribution in [3.63, 3.8) is 0 Å². The highest BCUT2D eigenvalue weighted by Crippen LogP contribution is 2.49. The van der Waals surface area contributed by atoms with Crippen LogP contribution in [0.25, 0.3) is 82.1 Å². The average molecular weight is 568 g/mol. The van der Waals surface area contributed by atoms with Gasteiger partial charge in [-0.3, -0.25) is 4.57 Å². The standard InChI is InChI=1S/C39H25N3S/c1-3-23-15-10-17-27-28-19-12-21-31-35(28)34-26(25(4-2)33(23)27)18-11-20-30(34)42(31)38-36(24-13-6-5-7-14-24)40-37-29-16-8-9-22-32(29)43-39(37)41-38/h3-22H,1H2,2H3/b25-4-. The maximum absolute atomic E-state index is 5.44. The molecule has 0 bridgehead atoms. The van der Waals surface area contributed by atoms with Gasteiger partial charge in [0.1, 0.15) is 16.0 Å². The van der Waals surface area contributed by atoms with E-state index in [4.69, 9.17) is 9.97 Å². The van der Waals surface area contributed by atoms with Gasteiger partial charge in [-0.2, -0.15) is 0 Å². The van der Waals surface area contributed by atoms with E-state index in [-0.39, 0.29) is 0 Å². The Morgan fingerprint density at radius 1 is 0.698 bits per heavy atom. The van der Waals surface area contributed by atoms with Gasteiger partial charge in [-0.25, -0.2) is 9.97 Å². The average Bonchev–Trinajstić information content (AvgIpc) is 3.56. The fraction of sp³-hybridized carbons (Fsp3) is 0.0256. The summed E-state index contributed by atoms with van der Waals surface area (Å²) in [6, 6.07) is 38.8. The van der Waals surface area contributed by atoms with Crippen LogP contribution in [0.2, 0.25) is 0 Å². The molecule has 43 heavy (non-hydrogen) atoms. The van der Waals surface area contributed by atoms with E-state index >= 15 is 0 Å². The van der Waals surface area contributed by atoms with Crippen molar-refractivity contribution in [2.75, 3.05) is 0 Å². The molecule has 1 aliphatic carbocycles. The lowest BCUT2D eigenvalue weighted by atomic mass is 9.88. The SMILES string of the molecule is C=Cc1cccc2c1/C(=C\C)c1cccc3c1c1c-2cccc1n3-c1nc2sc3ccccc3c2nc1-c1ccccc1. The van der Waals surface area contributed by atoms with E-state index in [2.05, 4.69) is 127 Å². The minimum Gasteiger partial charge on any atom is -0.292 e. The lowest BCUT2D eigenvalue weighted by Gasteiger charge is -2.17. The molecule has 8 aromatic rings. The van der Waals surface area contributed by atoms with E-state index in [0.717, 1.165) is 49.4 Å². The third-order valence-electron chi connectivity index (χ3n) is 8.72. The van der Waals surface area contributed by atoms with Crippen molar-refractivity contribution >= 4 is 65.2 Å². The number of fused-ring (bicyclic) bond motifs is 5. The van der Waals surface area contributed by atoms with E-state index in [1.807, 2.05) is 12.1 Å². The summed E-state index contributed by atoms with van der Waals surface area (Å²) in [6.07, 6.45) is 4.22. The zero-order valence-electron chi connectivity index (χ0n) is 23.5. The monoisotopic (exact) mass is 567 g/mol. The molecule has 0 spiro atoms. The van der Waals surface area contributed by atoms with Crippen LogP contribution in [0, 0.1) is 0 Å². The molecule has 0 saturated carbocycles. The molecule has 5 aromatic carbocycles. The Morgan fingerprint density at radius 3 is 2.19 bits per heavy atom. The van der Waals surface area contributed by atoms with Gasteiger partial charge in [0, 0.05) is 26.4 Å². The van der Waals surface area contributed by atoms with Crippen molar-refractivity contribution in [2.24, 2.45) is 0 Å². The maximum Gasteiger partial charge on any atom is 0.166 e. The quantitative estimate of drug-likeness (QED) is 0.213. The third kappa shape index (κ3) is 3.30. The Bertz CT molecular complexity index is 2480. The Labute approximate surface area is 252 Å². The van der Waals surface area contributed by atoms with E-state index in [1.54, 1.807) is 11.3 Å². The van der Waals surface area contributed by atoms with E-state index in [0.29, 0.717) is 0 Å². The summed E-state index contributed by atoms with van der Waals surface area (Å²) in [5.74, 6) is 0.849. The Hall–Kier alpha value is -5.32. The van der Waals surface area contributed by atoms with Gasteiger partial charge in [0.2, 0.25) is 0 Å². The molecule has 1 aliphatic rings. The third-order valence-corrected chi connectivity index (χ3v) is 9.78. The molecular formula is C39H25N3S. The van der Waals surface area contributed by atoms with Crippen molar-refractivity contribution in [1.29, 1.82) is 0 Å². The fourth-order valence-electron chi connectivity index (χ4n) is 6.94. The molecule has 0 aliphatic heterocycles. The number of nitrogens with zero attached hydrogens (tertiary/aromatic N) is 3. The molecule has 4 heteroatoms. The van der Waals surface area contributed by atoms with Crippen LogP contribution in [-0.4, -0.2) is 14.5 Å². The molecule has 3 heterocycles. The van der Waals surface area contributed by atoms with Crippen molar-refractivity contribution in [3.8, 4) is 28.2 Å². The number of benzene rings is 5. The summed E-state index contributed by atoms with van der Waals surface area (Å²) in [6.45, 7) is 6.30. The lowest BCUT2D eigenvalue weighted by molar-refractivity contribution is 1.09. The number of thiophene rings is 1. The molecule has 0 radical (unpaired) electrons. The summed E-state index contributed by atoms with van der Waals surface area (Å²) in [5, 5.41) is 3.63. The molecule has 9 rings (SSSR count). The molecule has 3 aromatic heterocycles. The van der Waals surface area contributed by atoms with Gasteiger partial charge < -0.3 is 0 Å². The van der Waals surface area contributed by atoms with Crippen LogP contribution in [-0.2, 0) is 0 Å². The van der Waals surface area contributed by atoms with Crippen molar-refractivity contribution in [2.45, 2.75) is 6.92 Å². The first-order chi connectivity index (χ1) is 21.3. The molecule has 0 N–H and O–H groups in total. The summed E-state index contributed by atoms with van der Waals surface area (Å²) in [7, 11) is 0. The predicted octanol–water partition coefficient (Wildman–Crippen LogP) is 10.7. The number of hydrogen-bond donors (Lipinski definition) is 0. The van der Waals surface area contributed by atoms with Crippen molar-refractivity contribution in [3.05, 3.63) is 139 Å². The zero-order chi connectivity index (χ0) is 28.7. The van der Waals surface area contributed by atoms with Crippen LogP contribution >= 0.6 is 11.3 Å². The minimum absolute atomic E-state index is 0.849. The highest BCUT2D eigenvalue weighted by molar-refractivity contribution is 7.25.